The van der Waals surface area contributed by atoms with Crippen LogP contribution in [0.25, 0.3) is 22.0 Å². The minimum Gasteiger partial charge on any atom is -0.350 e. The van der Waals surface area contributed by atoms with Crippen LogP contribution in [-0.2, 0) is 28.0 Å². The molecule has 9 heteroatoms. The Morgan fingerprint density at radius 1 is 1.08 bits per heavy atom. The van der Waals surface area contributed by atoms with Gasteiger partial charge in [-0.1, -0.05) is 48.5 Å². The summed E-state index contributed by atoms with van der Waals surface area (Å²) >= 11 is 0. The van der Waals surface area contributed by atoms with Crippen LogP contribution in [0.3, 0.4) is 0 Å². The van der Waals surface area contributed by atoms with Crippen molar-refractivity contribution >= 4 is 34.9 Å². The summed E-state index contributed by atoms with van der Waals surface area (Å²) in [5.41, 5.74) is 4.68. The third-order valence-corrected chi connectivity index (χ3v) is 7.17. The molecule has 3 heterocycles. The van der Waals surface area contributed by atoms with Crippen molar-refractivity contribution in [2.24, 2.45) is 7.05 Å². The molecule has 2 aliphatic heterocycles. The Hall–Kier alpha value is -4.24. The summed E-state index contributed by atoms with van der Waals surface area (Å²) in [5.74, 6) is -0.307. The number of aryl methyl sites for hydroxylation is 1. The van der Waals surface area contributed by atoms with Gasteiger partial charge in [0.15, 0.2) is 5.78 Å². The van der Waals surface area contributed by atoms with Crippen LogP contribution < -0.4 is 0 Å². The Morgan fingerprint density at radius 3 is 2.51 bits per heavy atom. The molecule has 0 saturated carbocycles. The second kappa shape index (κ2) is 9.67. The number of Topliss-reactive ketones (excluding diaryl/α,β-unsaturated/α-hetero) is 1. The van der Waals surface area contributed by atoms with Gasteiger partial charge < -0.3 is 14.4 Å². The van der Waals surface area contributed by atoms with E-state index in [4.69, 9.17) is 0 Å². The SMILES string of the molecule is C=CCN1CC(=O)N2CC(=O)N(Cc3cccc4c(-c5ccc(C(C)=O)cc5)cn(C)c34)CC2N1C=O. The third kappa shape index (κ3) is 4.31. The van der Waals surface area contributed by atoms with Crippen LogP contribution in [0.4, 0.5) is 0 Å². The van der Waals surface area contributed by atoms with Gasteiger partial charge in [-0.3, -0.25) is 24.2 Å². The van der Waals surface area contributed by atoms with E-state index in [-0.39, 0.29) is 37.2 Å². The van der Waals surface area contributed by atoms with Gasteiger partial charge >= 0.3 is 0 Å². The Bertz CT molecular complexity index is 1410. The molecule has 5 rings (SSSR count). The number of aromatic nitrogens is 1. The van der Waals surface area contributed by atoms with E-state index in [0.717, 1.165) is 27.6 Å². The van der Waals surface area contributed by atoms with E-state index in [2.05, 4.69) is 12.8 Å². The van der Waals surface area contributed by atoms with Crippen molar-refractivity contribution in [3.8, 4) is 11.1 Å². The molecular formula is C28H29N5O4. The fourth-order valence-corrected chi connectivity index (χ4v) is 5.34. The maximum Gasteiger partial charge on any atom is 0.242 e. The van der Waals surface area contributed by atoms with Gasteiger partial charge in [-0.2, -0.15) is 0 Å². The molecule has 0 aliphatic carbocycles. The van der Waals surface area contributed by atoms with Crippen LogP contribution in [0.15, 0.2) is 61.3 Å². The highest BCUT2D eigenvalue weighted by Gasteiger charge is 2.44. The Balaban J connectivity index is 1.45. The number of hydrogen-bond donors (Lipinski definition) is 0. The summed E-state index contributed by atoms with van der Waals surface area (Å²) in [6, 6.07) is 13.6. The molecule has 190 valence electrons. The zero-order valence-electron chi connectivity index (χ0n) is 21.0. The lowest BCUT2D eigenvalue weighted by atomic mass is 10.0. The summed E-state index contributed by atoms with van der Waals surface area (Å²) in [5, 5.41) is 4.19. The van der Waals surface area contributed by atoms with Crippen LogP contribution in [-0.4, -0.2) is 80.7 Å². The summed E-state index contributed by atoms with van der Waals surface area (Å²) < 4.78 is 2.05. The van der Waals surface area contributed by atoms with Gasteiger partial charge in [-0.05, 0) is 18.1 Å². The number of nitrogens with zero attached hydrogens (tertiary/aromatic N) is 5. The van der Waals surface area contributed by atoms with Gasteiger partial charge in [0.2, 0.25) is 18.2 Å². The highest BCUT2D eigenvalue weighted by molar-refractivity contribution is 5.99. The average Bonchev–Trinajstić information content (AvgIpc) is 3.23. The van der Waals surface area contributed by atoms with Gasteiger partial charge in [-0.25, -0.2) is 5.01 Å². The Labute approximate surface area is 215 Å². The number of hydrazine groups is 1. The van der Waals surface area contributed by atoms with Crippen LogP contribution in [0.2, 0.25) is 0 Å². The highest BCUT2D eigenvalue weighted by atomic mass is 16.2. The molecule has 37 heavy (non-hydrogen) atoms. The minimum atomic E-state index is -0.556. The average molecular weight is 500 g/mol. The topological polar surface area (TPSA) is 86.2 Å². The minimum absolute atomic E-state index is 0.0249. The molecule has 9 nitrogen and oxygen atoms in total. The van der Waals surface area contributed by atoms with Gasteiger partial charge in [0, 0.05) is 42.8 Å². The predicted octanol–water partition coefficient (Wildman–Crippen LogP) is 2.42. The monoisotopic (exact) mass is 499 g/mol. The standard InChI is InChI=1S/C28H29N5O4/c1-4-12-31-16-27(37)32-17-26(36)30(15-25(32)33(31)18-34)13-22-6-5-7-23-24(14-29(3)28(22)23)21-10-8-20(9-11-21)19(2)35/h4-11,14,18,25H,1,12-13,15-17H2,2-3H3. The number of carbonyl (C=O) groups excluding carboxylic acids is 4. The number of piperazine rings is 1. The number of para-hydroxylation sites is 1. The van der Waals surface area contributed by atoms with E-state index in [1.165, 1.54) is 9.91 Å². The molecule has 0 N–H and O–H groups in total. The summed E-state index contributed by atoms with van der Waals surface area (Å²) in [7, 11) is 1.97. The number of hydrogen-bond acceptors (Lipinski definition) is 5. The van der Waals surface area contributed by atoms with E-state index in [0.29, 0.717) is 25.1 Å². The molecule has 2 saturated heterocycles. The molecule has 3 amide bonds. The first-order chi connectivity index (χ1) is 17.8. The van der Waals surface area contributed by atoms with Crippen molar-refractivity contribution in [1.29, 1.82) is 0 Å². The first-order valence-corrected chi connectivity index (χ1v) is 12.2. The summed E-state index contributed by atoms with van der Waals surface area (Å²) in [4.78, 5) is 52.6. The Kier molecular flexibility index (Phi) is 6.39. The van der Waals surface area contributed by atoms with Crippen molar-refractivity contribution in [2.75, 3.05) is 26.2 Å². The van der Waals surface area contributed by atoms with Gasteiger partial charge in [-0.15, -0.1) is 6.58 Å². The molecule has 1 unspecified atom stereocenters. The molecule has 1 atom stereocenters. The number of benzene rings is 2. The first-order valence-electron chi connectivity index (χ1n) is 12.2. The summed E-state index contributed by atoms with van der Waals surface area (Å²) in [6.07, 6.45) is 3.85. The maximum absolute atomic E-state index is 13.1. The van der Waals surface area contributed by atoms with E-state index in [9.17, 15) is 19.2 Å². The van der Waals surface area contributed by atoms with E-state index in [1.54, 1.807) is 22.9 Å². The fraction of sp³-hybridized carbons (Fsp3) is 0.286. The lowest BCUT2D eigenvalue weighted by Crippen LogP contribution is -2.71. The molecular weight excluding hydrogens is 470 g/mol. The van der Waals surface area contributed by atoms with Crippen molar-refractivity contribution in [3.05, 3.63) is 72.4 Å². The van der Waals surface area contributed by atoms with Crippen LogP contribution in [0.1, 0.15) is 22.8 Å². The molecule has 2 fully saturated rings. The number of amides is 3. The largest absolute Gasteiger partial charge is 0.350 e. The molecule has 1 aromatic heterocycles. The highest BCUT2D eigenvalue weighted by Crippen LogP contribution is 2.33. The van der Waals surface area contributed by atoms with Crippen molar-refractivity contribution < 1.29 is 19.2 Å². The maximum atomic E-state index is 13.1. The molecule has 2 aromatic carbocycles. The van der Waals surface area contributed by atoms with Crippen molar-refractivity contribution in [2.45, 2.75) is 19.6 Å². The van der Waals surface area contributed by atoms with Crippen LogP contribution >= 0.6 is 0 Å². The molecule has 0 bridgehead atoms. The first kappa shape index (κ1) is 24.5. The molecule has 0 radical (unpaired) electrons. The summed E-state index contributed by atoms with van der Waals surface area (Å²) in [6.45, 7) is 6.17. The number of ketones is 1. The van der Waals surface area contributed by atoms with Gasteiger partial charge in [0.05, 0.1) is 18.6 Å². The van der Waals surface area contributed by atoms with Gasteiger partial charge in [0.25, 0.3) is 0 Å². The smallest absolute Gasteiger partial charge is 0.242 e. The second-order valence-corrected chi connectivity index (χ2v) is 9.50. The van der Waals surface area contributed by atoms with E-state index >= 15 is 0 Å². The fourth-order valence-electron chi connectivity index (χ4n) is 5.34. The molecule has 2 aliphatic rings. The number of rotatable bonds is 7. The Morgan fingerprint density at radius 2 is 1.84 bits per heavy atom. The molecule has 3 aromatic rings. The lowest BCUT2D eigenvalue weighted by molar-refractivity contribution is -0.191. The quantitative estimate of drug-likeness (QED) is 0.283. The lowest BCUT2D eigenvalue weighted by Gasteiger charge is -2.51. The predicted molar refractivity (Wildman–Crippen MR) is 139 cm³/mol. The van der Waals surface area contributed by atoms with E-state index in [1.807, 2.05) is 54.1 Å². The molecule has 0 spiro atoms. The number of carbonyl (C=O) groups is 4. The number of fused-ring (bicyclic) bond motifs is 2. The normalized spacial score (nSPS) is 18.3. The van der Waals surface area contributed by atoms with Crippen LogP contribution in [0, 0.1) is 0 Å². The van der Waals surface area contributed by atoms with E-state index < -0.39 is 6.17 Å². The van der Waals surface area contributed by atoms with Gasteiger partial charge in [0.1, 0.15) is 12.7 Å². The van der Waals surface area contributed by atoms with Crippen molar-refractivity contribution in [3.63, 3.8) is 0 Å². The zero-order chi connectivity index (χ0) is 26.3. The third-order valence-electron chi connectivity index (χ3n) is 7.17. The zero-order valence-corrected chi connectivity index (χ0v) is 21.0. The second-order valence-electron chi connectivity index (χ2n) is 9.50. The van der Waals surface area contributed by atoms with Crippen molar-refractivity contribution in [1.82, 2.24) is 24.4 Å². The van der Waals surface area contributed by atoms with Crippen LogP contribution in [0.5, 0.6) is 0 Å².